The van der Waals surface area contributed by atoms with Crippen molar-refractivity contribution in [3.8, 4) is 0 Å². The largest absolute Gasteiger partial charge is 0.375 e. The molecule has 0 amide bonds. The third-order valence-corrected chi connectivity index (χ3v) is 3.97. The summed E-state index contributed by atoms with van der Waals surface area (Å²) in [4.78, 5) is 2.43. The van der Waals surface area contributed by atoms with Gasteiger partial charge in [-0.05, 0) is 44.6 Å². The molecule has 0 radical (unpaired) electrons. The maximum absolute atomic E-state index is 5.95. The van der Waals surface area contributed by atoms with Crippen molar-refractivity contribution in [3.63, 3.8) is 0 Å². The molecule has 0 saturated carbocycles. The lowest BCUT2D eigenvalue weighted by Crippen LogP contribution is -2.39. The van der Waals surface area contributed by atoms with Crippen molar-refractivity contribution in [2.45, 2.75) is 38.5 Å². The number of rotatable bonds is 6. The van der Waals surface area contributed by atoms with Crippen LogP contribution < -0.4 is 5.32 Å². The summed E-state index contributed by atoms with van der Waals surface area (Å²) >= 11 is 0. The van der Waals surface area contributed by atoms with Crippen molar-refractivity contribution >= 4 is 0 Å². The zero-order valence-electron chi connectivity index (χ0n) is 12.2. The normalized spacial score (nSPS) is 20.6. The summed E-state index contributed by atoms with van der Waals surface area (Å²) < 4.78 is 5.95. The summed E-state index contributed by atoms with van der Waals surface area (Å²) in [6.45, 7) is 3.69. The molecule has 1 fully saturated rings. The second-order valence-corrected chi connectivity index (χ2v) is 5.44. The Morgan fingerprint density at radius 3 is 2.79 bits per heavy atom. The monoisotopic (exact) mass is 262 g/mol. The van der Waals surface area contributed by atoms with E-state index in [4.69, 9.17) is 4.74 Å². The first-order chi connectivity index (χ1) is 9.31. The number of nitrogens with zero attached hydrogens (tertiary/aromatic N) is 1. The Morgan fingerprint density at radius 2 is 2.05 bits per heavy atom. The maximum atomic E-state index is 5.95. The van der Waals surface area contributed by atoms with Gasteiger partial charge in [-0.2, -0.15) is 0 Å². The van der Waals surface area contributed by atoms with E-state index in [1.54, 1.807) is 0 Å². The fourth-order valence-electron chi connectivity index (χ4n) is 2.72. The molecular weight excluding hydrogens is 236 g/mol. The molecule has 3 heteroatoms. The molecule has 0 spiro atoms. The van der Waals surface area contributed by atoms with E-state index >= 15 is 0 Å². The van der Waals surface area contributed by atoms with E-state index in [0.29, 0.717) is 6.04 Å². The van der Waals surface area contributed by atoms with Gasteiger partial charge < -0.3 is 15.0 Å². The van der Waals surface area contributed by atoms with Crippen LogP contribution in [0.3, 0.4) is 0 Å². The molecule has 1 aromatic carbocycles. The van der Waals surface area contributed by atoms with Gasteiger partial charge in [0.15, 0.2) is 0 Å². The first-order valence-corrected chi connectivity index (χ1v) is 7.30. The predicted molar refractivity (Wildman–Crippen MR) is 79.1 cm³/mol. The number of likely N-dealkylation sites (tertiary alicyclic amines) is 1. The average molecular weight is 262 g/mol. The minimum absolute atomic E-state index is 0.602. The van der Waals surface area contributed by atoms with Crippen LogP contribution in [0.15, 0.2) is 24.3 Å². The van der Waals surface area contributed by atoms with E-state index in [9.17, 15) is 0 Å². The minimum atomic E-state index is 0.602. The second-order valence-electron chi connectivity index (χ2n) is 5.44. The lowest BCUT2D eigenvalue weighted by molar-refractivity contribution is 0.0441. The van der Waals surface area contributed by atoms with Gasteiger partial charge in [-0.25, -0.2) is 0 Å². The molecule has 1 aliphatic rings. The van der Waals surface area contributed by atoms with Crippen LogP contribution in [0.2, 0.25) is 0 Å². The fraction of sp³-hybridized carbons (Fsp3) is 0.625. The van der Waals surface area contributed by atoms with Crippen LogP contribution in [0.1, 0.15) is 30.4 Å². The number of piperidine rings is 1. The van der Waals surface area contributed by atoms with Crippen LogP contribution in [-0.2, 0) is 17.9 Å². The summed E-state index contributed by atoms with van der Waals surface area (Å²) in [5, 5.41) is 3.21. The summed E-state index contributed by atoms with van der Waals surface area (Å²) in [6.07, 6.45) is 3.95. The van der Waals surface area contributed by atoms with Gasteiger partial charge in [-0.3, -0.25) is 0 Å². The molecule has 0 aromatic heterocycles. The van der Waals surface area contributed by atoms with Gasteiger partial charge in [0.05, 0.1) is 13.2 Å². The Labute approximate surface area is 116 Å². The van der Waals surface area contributed by atoms with Crippen molar-refractivity contribution in [2.75, 3.05) is 27.2 Å². The topological polar surface area (TPSA) is 24.5 Å². The minimum Gasteiger partial charge on any atom is -0.375 e. The van der Waals surface area contributed by atoms with Gasteiger partial charge in [0.25, 0.3) is 0 Å². The molecule has 1 N–H and O–H groups in total. The molecule has 19 heavy (non-hydrogen) atoms. The van der Waals surface area contributed by atoms with E-state index in [1.807, 2.05) is 7.05 Å². The Hall–Kier alpha value is -0.900. The Balaban J connectivity index is 1.81. The summed E-state index contributed by atoms with van der Waals surface area (Å²) in [5.41, 5.74) is 2.64. The van der Waals surface area contributed by atoms with Crippen molar-refractivity contribution in [3.05, 3.63) is 35.4 Å². The second kappa shape index (κ2) is 7.63. The first-order valence-electron chi connectivity index (χ1n) is 7.30. The van der Waals surface area contributed by atoms with Crippen LogP contribution in [-0.4, -0.2) is 38.2 Å². The third kappa shape index (κ3) is 4.30. The van der Waals surface area contributed by atoms with Gasteiger partial charge in [-0.15, -0.1) is 0 Å². The highest BCUT2D eigenvalue weighted by atomic mass is 16.5. The number of nitrogens with one attached hydrogen (secondary N) is 1. The van der Waals surface area contributed by atoms with Crippen LogP contribution in [0.4, 0.5) is 0 Å². The number of hydrogen-bond acceptors (Lipinski definition) is 3. The SMILES string of the molecule is CNCc1ccccc1COCC1CCCCN1C. The van der Waals surface area contributed by atoms with Gasteiger partial charge in [-0.1, -0.05) is 30.7 Å². The quantitative estimate of drug-likeness (QED) is 0.852. The molecule has 1 aromatic rings. The van der Waals surface area contributed by atoms with Crippen molar-refractivity contribution in [1.29, 1.82) is 0 Å². The van der Waals surface area contributed by atoms with Crippen molar-refractivity contribution in [1.82, 2.24) is 10.2 Å². The molecular formula is C16H26N2O. The maximum Gasteiger partial charge on any atom is 0.0720 e. The zero-order chi connectivity index (χ0) is 13.5. The van der Waals surface area contributed by atoms with E-state index in [1.165, 1.54) is 36.9 Å². The smallest absolute Gasteiger partial charge is 0.0720 e. The number of benzene rings is 1. The standard InChI is InChI=1S/C16H26N2O/c1-17-11-14-7-3-4-8-15(14)12-19-13-16-9-5-6-10-18(16)2/h3-4,7-8,16-17H,5-6,9-13H2,1-2H3. The van der Waals surface area contributed by atoms with Crippen molar-refractivity contribution < 1.29 is 4.74 Å². The summed E-state index contributed by atoms with van der Waals surface area (Å²) in [5.74, 6) is 0. The first kappa shape index (κ1) is 14.5. The third-order valence-electron chi connectivity index (χ3n) is 3.97. The zero-order valence-corrected chi connectivity index (χ0v) is 12.2. The van der Waals surface area contributed by atoms with E-state index in [2.05, 4.69) is 41.5 Å². The van der Waals surface area contributed by atoms with Gasteiger partial charge in [0, 0.05) is 12.6 Å². The van der Waals surface area contributed by atoms with Crippen LogP contribution in [0.5, 0.6) is 0 Å². The van der Waals surface area contributed by atoms with Gasteiger partial charge in [0.1, 0.15) is 0 Å². The van der Waals surface area contributed by atoms with Crippen LogP contribution in [0.25, 0.3) is 0 Å². The van der Waals surface area contributed by atoms with Crippen LogP contribution >= 0.6 is 0 Å². The van der Waals surface area contributed by atoms with Crippen molar-refractivity contribution in [2.24, 2.45) is 0 Å². The molecule has 1 saturated heterocycles. The summed E-state index contributed by atoms with van der Waals surface area (Å²) in [7, 11) is 4.19. The highest BCUT2D eigenvalue weighted by Crippen LogP contribution is 2.16. The Morgan fingerprint density at radius 1 is 1.26 bits per heavy atom. The highest BCUT2D eigenvalue weighted by molar-refractivity contribution is 5.26. The predicted octanol–water partition coefficient (Wildman–Crippen LogP) is 2.41. The molecule has 1 unspecified atom stereocenters. The van der Waals surface area contributed by atoms with E-state index < -0.39 is 0 Å². The fourth-order valence-corrected chi connectivity index (χ4v) is 2.72. The van der Waals surface area contributed by atoms with E-state index in [-0.39, 0.29) is 0 Å². The molecule has 2 rings (SSSR count). The summed E-state index contributed by atoms with van der Waals surface area (Å²) in [6, 6.07) is 9.11. The molecule has 106 valence electrons. The number of ether oxygens (including phenoxy) is 1. The molecule has 1 atom stereocenters. The Bertz CT molecular complexity index is 381. The van der Waals surface area contributed by atoms with E-state index in [0.717, 1.165) is 19.8 Å². The van der Waals surface area contributed by atoms with Gasteiger partial charge >= 0.3 is 0 Å². The lowest BCUT2D eigenvalue weighted by atomic mass is 10.0. The molecule has 1 heterocycles. The average Bonchev–Trinajstić information content (AvgIpc) is 2.43. The molecule has 0 bridgehead atoms. The van der Waals surface area contributed by atoms with Gasteiger partial charge in [0.2, 0.25) is 0 Å². The number of hydrogen-bond donors (Lipinski definition) is 1. The van der Waals surface area contributed by atoms with Crippen LogP contribution in [0, 0.1) is 0 Å². The molecule has 0 aliphatic carbocycles. The Kier molecular flexibility index (Phi) is 5.83. The molecule has 3 nitrogen and oxygen atoms in total. The number of likely N-dealkylation sites (N-methyl/N-ethyl adjacent to an activating group) is 1. The highest BCUT2D eigenvalue weighted by Gasteiger charge is 2.18. The molecule has 1 aliphatic heterocycles. The lowest BCUT2D eigenvalue weighted by Gasteiger charge is -2.32.